The van der Waals surface area contributed by atoms with E-state index in [-0.39, 0.29) is 23.8 Å². The maximum atomic E-state index is 11.9. The van der Waals surface area contributed by atoms with Crippen molar-refractivity contribution in [1.29, 1.82) is 0 Å². The summed E-state index contributed by atoms with van der Waals surface area (Å²) in [6.07, 6.45) is 0.452. The monoisotopic (exact) mass is 259 g/mol. The summed E-state index contributed by atoms with van der Waals surface area (Å²) in [6, 6.07) is 5.20. The van der Waals surface area contributed by atoms with Crippen LogP contribution in [0.25, 0.3) is 0 Å². The third-order valence-electron chi connectivity index (χ3n) is 2.95. The first-order chi connectivity index (χ1) is 7.19. The molecule has 16 heavy (non-hydrogen) atoms. The van der Waals surface area contributed by atoms with E-state index in [2.05, 4.69) is 5.32 Å². The summed E-state index contributed by atoms with van der Waals surface area (Å²) in [7, 11) is 0. The van der Waals surface area contributed by atoms with Gasteiger partial charge in [-0.15, -0.1) is 12.4 Å². The van der Waals surface area contributed by atoms with Gasteiger partial charge in [0.1, 0.15) is 11.4 Å². The van der Waals surface area contributed by atoms with E-state index in [0.29, 0.717) is 22.8 Å². The molecule has 1 N–H and O–H groups in total. The van der Waals surface area contributed by atoms with E-state index < -0.39 is 0 Å². The molecule has 3 rings (SSSR count). The molecule has 0 unspecified atom stereocenters. The van der Waals surface area contributed by atoms with E-state index in [1.807, 2.05) is 0 Å². The molecule has 86 valence electrons. The Balaban J connectivity index is 0.000000963. The molecule has 0 aromatic heterocycles. The fourth-order valence-corrected chi connectivity index (χ4v) is 2.24. The summed E-state index contributed by atoms with van der Waals surface area (Å²) in [4.78, 5) is 11.9. The van der Waals surface area contributed by atoms with Gasteiger partial charge in [-0.2, -0.15) is 0 Å². The normalized spacial score (nSPS) is 20.4. The zero-order valence-corrected chi connectivity index (χ0v) is 10.0. The van der Waals surface area contributed by atoms with Gasteiger partial charge in [0.2, 0.25) is 0 Å². The average Bonchev–Trinajstić information content (AvgIpc) is 2.16. The summed E-state index contributed by atoms with van der Waals surface area (Å²) in [5.41, 5.74) is 0.317. The van der Waals surface area contributed by atoms with Crippen LogP contribution in [0.3, 0.4) is 0 Å². The SMILES string of the molecule is Cl.O=C1CC2(CNC2)Oc2ccc(Cl)cc21. The third kappa shape index (κ3) is 1.69. The first-order valence-corrected chi connectivity index (χ1v) is 5.29. The molecule has 0 amide bonds. The molecule has 1 spiro atoms. The van der Waals surface area contributed by atoms with E-state index in [9.17, 15) is 4.79 Å². The topological polar surface area (TPSA) is 38.3 Å². The Bertz CT molecular complexity index is 444. The van der Waals surface area contributed by atoms with Crippen molar-refractivity contribution >= 4 is 29.8 Å². The number of rotatable bonds is 0. The Labute approximate surface area is 105 Å². The lowest BCUT2D eigenvalue weighted by molar-refractivity contribution is 0.00242. The van der Waals surface area contributed by atoms with E-state index in [0.717, 1.165) is 13.1 Å². The molecule has 2 aliphatic heterocycles. The van der Waals surface area contributed by atoms with Gasteiger partial charge in [-0.05, 0) is 18.2 Å². The van der Waals surface area contributed by atoms with Crippen LogP contribution in [0.1, 0.15) is 16.8 Å². The Morgan fingerprint density at radius 2 is 2.12 bits per heavy atom. The highest BCUT2D eigenvalue weighted by molar-refractivity contribution is 6.31. The van der Waals surface area contributed by atoms with Gasteiger partial charge in [0.15, 0.2) is 5.78 Å². The van der Waals surface area contributed by atoms with Gasteiger partial charge in [-0.25, -0.2) is 0 Å². The molecule has 0 radical (unpaired) electrons. The average molecular weight is 260 g/mol. The van der Waals surface area contributed by atoms with Crippen molar-refractivity contribution in [3.63, 3.8) is 0 Å². The van der Waals surface area contributed by atoms with Crippen LogP contribution >= 0.6 is 24.0 Å². The molecular weight excluding hydrogens is 249 g/mol. The minimum absolute atomic E-state index is 0. The number of ether oxygens (including phenoxy) is 1. The van der Waals surface area contributed by atoms with Gasteiger partial charge >= 0.3 is 0 Å². The molecule has 0 atom stereocenters. The number of hydrogen-bond donors (Lipinski definition) is 1. The molecule has 5 heteroatoms. The summed E-state index contributed by atoms with van der Waals surface area (Å²) < 4.78 is 5.84. The molecule has 1 saturated heterocycles. The molecule has 1 aromatic rings. The molecule has 0 aliphatic carbocycles. The molecule has 2 aliphatic rings. The maximum Gasteiger partial charge on any atom is 0.170 e. The van der Waals surface area contributed by atoms with Crippen LogP contribution in [0.15, 0.2) is 18.2 Å². The molecule has 1 fully saturated rings. The number of ketones is 1. The van der Waals surface area contributed by atoms with Crippen molar-refractivity contribution in [3.05, 3.63) is 28.8 Å². The summed E-state index contributed by atoms with van der Waals surface area (Å²) in [5, 5.41) is 3.71. The number of fused-ring (bicyclic) bond motifs is 1. The lowest BCUT2D eigenvalue weighted by Crippen LogP contribution is -2.65. The number of carbonyl (C=O) groups is 1. The van der Waals surface area contributed by atoms with Gasteiger partial charge < -0.3 is 10.1 Å². The Hall–Kier alpha value is -0.770. The van der Waals surface area contributed by atoms with Gasteiger partial charge in [0.05, 0.1) is 12.0 Å². The number of halogens is 2. The molecule has 0 bridgehead atoms. The van der Waals surface area contributed by atoms with Crippen molar-refractivity contribution in [1.82, 2.24) is 5.32 Å². The number of hydrogen-bond acceptors (Lipinski definition) is 3. The zero-order chi connectivity index (χ0) is 10.5. The third-order valence-corrected chi connectivity index (χ3v) is 3.18. The quantitative estimate of drug-likeness (QED) is 0.776. The number of benzene rings is 1. The van der Waals surface area contributed by atoms with E-state index in [1.165, 1.54) is 0 Å². The van der Waals surface area contributed by atoms with Crippen LogP contribution in [-0.2, 0) is 0 Å². The summed E-state index contributed by atoms with van der Waals surface area (Å²) >= 11 is 5.84. The Kier molecular flexibility index (Phi) is 2.86. The fraction of sp³-hybridized carbons (Fsp3) is 0.364. The van der Waals surface area contributed by atoms with Crippen molar-refractivity contribution in [3.8, 4) is 5.75 Å². The predicted octanol–water partition coefficient (Wildman–Crippen LogP) is 2.07. The summed E-state index contributed by atoms with van der Waals surface area (Å²) in [5.74, 6) is 0.789. The fourth-order valence-electron chi connectivity index (χ4n) is 2.07. The minimum atomic E-state index is -0.294. The number of Topliss-reactive ketones (excluding diaryl/α,β-unsaturated/α-hetero) is 1. The lowest BCUT2D eigenvalue weighted by Gasteiger charge is -2.44. The van der Waals surface area contributed by atoms with Gasteiger partial charge in [-0.1, -0.05) is 11.6 Å². The van der Waals surface area contributed by atoms with Gasteiger partial charge in [0.25, 0.3) is 0 Å². The highest BCUT2D eigenvalue weighted by Crippen LogP contribution is 2.36. The highest BCUT2D eigenvalue weighted by Gasteiger charge is 2.45. The van der Waals surface area contributed by atoms with E-state index in [1.54, 1.807) is 18.2 Å². The van der Waals surface area contributed by atoms with Crippen molar-refractivity contribution in [2.24, 2.45) is 0 Å². The molecule has 1 aromatic carbocycles. The second-order valence-electron chi connectivity index (χ2n) is 4.13. The Morgan fingerprint density at radius 3 is 2.75 bits per heavy atom. The van der Waals surface area contributed by atoms with Crippen molar-refractivity contribution in [2.45, 2.75) is 12.0 Å². The summed E-state index contributed by atoms with van der Waals surface area (Å²) in [6.45, 7) is 1.50. The molecule has 2 heterocycles. The molecule has 0 saturated carbocycles. The first-order valence-electron chi connectivity index (χ1n) is 4.91. The smallest absolute Gasteiger partial charge is 0.170 e. The second-order valence-corrected chi connectivity index (χ2v) is 4.57. The van der Waals surface area contributed by atoms with Crippen LogP contribution < -0.4 is 10.1 Å². The van der Waals surface area contributed by atoms with Gasteiger partial charge in [0, 0.05) is 18.1 Å². The minimum Gasteiger partial charge on any atom is -0.483 e. The highest BCUT2D eigenvalue weighted by atomic mass is 35.5. The van der Waals surface area contributed by atoms with E-state index >= 15 is 0 Å². The van der Waals surface area contributed by atoms with Crippen LogP contribution in [-0.4, -0.2) is 24.5 Å². The molecular formula is C11H11Cl2NO2. The largest absolute Gasteiger partial charge is 0.483 e. The van der Waals surface area contributed by atoms with Gasteiger partial charge in [-0.3, -0.25) is 4.79 Å². The molecule has 3 nitrogen and oxygen atoms in total. The van der Waals surface area contributed by atoms with Crippen LogP contribution in [0.5, 0.6) is 5.75 Å². The second kappa shape index (κ2) is 3.91. The lowest BCUT2D eigenvalue weighted by atomic mass is 9.85. The first kappa shape index (κ1) is 11.7. The predicted molar refractivity (Wildman–Crippen MR) is 63.9 cm³/mol. The number of nitrogens with one attached hydrogen (secondary N) is 1. The van der Waals surface area contributed by atoms with Crippen molar-refractivity contribution < 1.29 is 9.53 Å². The van der Waals surface area contributed by atoms with Crippen molar-refractivity contribution in [2.75, 3.05) is 13.1 Å². The van der Waals surface area contributed by atoms with Crippen LogP contribution in [0, 0.1) is 0 Å². The van der Waals surface area contributed by atoms with Crippen LogP contribution in [0.2, 0.25) is 5.02 Å². The number of carbonyl (C=O) groups excluding carboxylic acids is 1. The van der Waals surface area contributed by atoms with Crippen LogP contribution in [0.4, 0.5) is 0 Å². The maximum absolute atomic E-state index is 11.9. The Morgan fingerprint density at radius 1 is 1.38 bits per heavy atom. The standard InChI is InChI=1S/C11H10ClNO2.ClH/c12-7-1-2-10-8(3-7)9(14)4-11(15-10)5-13-6-11;/h1-3,13H,4-6H2;1H. The van der Waals surface area contributed by atoms with E-state index in [4.69, 9.17) is 16.3 Å². The zero-order valence-electron chi connectivity index (χ0n) is 8.46.